The highest BCUT2D eigenvalue weighted by Crippen LogP contribution is 2.32. The normalized spacial score (nSPS) is 10.8. The third-order valence-corrected chi connectivity index (χ3v) is 5.68. The molecule has 0 aliphatic carbocycles. The Bertz CT molecular complexity index is 811. The van der Waals surface area contributed by atoms with Gasteiger partial charge in [0.15, 0.2) is 0 Å². The lowest BCUT2D eigenvalue weighted by Crippen LogP contribution is -2.05. The Hall–Kier alpha value is -0.910. The molecule has 0 unspecified atom stereocenters. The van der Waals surface area contributed by atoms with E-state index < -0.39 is 0 Å². The first kappa shape index (κ1) is 13.1. The summed E-state index contributed by atoms with van der Waals surface area (Å²) < 4.78 is 1.72. The molecule has 0 saturated heterocycles. The van der Waals surface area contributed by atoms with Gasteiger partial charge in [-0.2, -0.15) is 0 Å². The maximum Gasteiger partial charge on any atom is 0.202 e. The molecule has 1 aromatic heterocycles. The fourth-order valence-electron chi connectivity index (χ4n) is 1.92. The molecule has 0 spiro atoms. The summed E-state index contributed by atoms with van der Waals surface area (Å²) in [6.45, 7) is 0. The van der Waals surface area contributed by atoms with E-state index >= 15 is 0 Å². The number of hydrogen-bond donors (Lipinski definition) is 0. The molecule has 2 aromatic carbocycles. The third-order valence-electron chi connectivity index (χ3n) is 2.83. The van der Waals surface area contributed by atoms with Gasteiger partial charge in [0, 0.05) is 15.1 Å². The van der Waals surface area contributed by atoms with E-state index in [2.05, 4.69) is 22.6 Å². The topological polar surface area (TPSA) is 17.1 Å². The van der Waals surface area contributed by atoms with E-state index in [1.54, 1.807) is 17.4 Å². The van der Waals surface area contributed by atoms with E-state index in [1.165, 1.54) is 0 Å². The zero-order valence-electron chi connectivity index (χ0n) is 9.69. The highest BCUT2D eigenvalue weighted by Gasteiger charge is 2.11. The van der Waals surface area contributed by atoms with Gasteiger partial charge < -0.3 is 0 Å². The molecule has 0 fully saturated rings. The lowest BCUT2D eigenvalue weighted by atomic mass is 10.2. The average Bonchev–Trinajstić information content (AvgIpc) is 2.44. The van der Waals surface area contributed by atoms with Crippen LogP contribution in [0.15, 0.2) is 53.3 Å². The van der Waals surface area contributed by atoms with Gasteiger partial charge in [-0.1, -0.05) is 41.9 Å². The third kappa shape index (κ3) is 2.42. The van der Waals surface area contributed by atoms with E-state index in [-0.39, 0.29) is 5.43 Å². The Kier molecular flexibility index (Phi) is 3.60. The van der Waals surface area contributed by atoms with Crippen molar-refractivity contribution >= 4 is 55.6 Å². The van der Waals surface area contributed by atoms with Crippen molar-refractivity contribution in [3.8, 4) is 10.4 Å². The van der Waals surface area contributed by atoms with Crippen molar-refractivity contribution in [2.75, 3.05) is 0 Å². The van der Waals surface area contributed by atoms with Gasteiger partial charge in [0.2, 0.25) is 5.43 Å². The summed E-state index contributed by atoms with van der Waals surface area (Å²) >= 11 is 9.71. The smallest absolute Gasteiger partial charge is 0.202 e. The van der Waals surface area contributed by atoms with Crippen LogP contribution in [0.3, 0.4) is 0 Å². The van der Waals surface area contributed by atoms with Crippen LogP contribution >= 0.6 is 45.5 Å². The molecule has 0 bridgehead atoms. The van der Waals surface area contributed by atoms with Crippen LogP contribution in [0.25, 0.3) is 20.5 Å². The van der Waals surface area contributed by atoms with Gasteiger partial charge in [-0.25, -0.2) is 0 Å². The molecule has 0 amide bonds. The molecule has 4 heteroatoms. The van der Waals surface area contributed by atoms with Crippen LogP contribution < -0.4 is 5.43 Å². The van der Waals surface area contributed by atoms with Crippen LogP contribution in [0, 0.1) is 3.57 Å². The van der Waals surface area contributed by atoms with Crippen molar-refractivity contribution in [2.45, 2.75) is 0 Å². The second-order valence-corrected chi connectivity index (χ2v) is 6.65. The summed E-state index contributed by atoms with van der Waals surface area (Å²) in [5, 5.41) is 1.29. The minimum atomic E-state index is 0.0516. The molecule has 0 N–H and O–H groups in total. The summed E-state index contributed by atoms with van der Waals surface area (Å²) in [7, 11) is 0. The summed E-state index contributed by atoms with van der Waals surface area (Å²) in [5.41, 5.74) is 1.13. The van der Waals surface area contributed by atoms with Gasteiger partial charge in [-0.3, -0.25) is 4.79 Å². The van der Waals surface area contributed by atoms with Crippen LogP contribution in [0.5, 0.6) is 0 Å². The monoisotopic (exact) mass is 398 g/mol. The fraction of sp³-hybridized carbons (Fsp3) is 0. The van der Waals surface area contributed by atoms with E-state index in [9.17, 15) is 4.79 Å². The number of rotatable bonds is 1. The van der Waals surface area contributed by atoms with E-state index in [1.807, 2.05) is 42.5 Å². The molecular formula is C15H8ClIOS. The Morgan fingerprint density at radius 1 is 1.05 bits per heavy atom. The largest absolute Gasteiger partial charge is 0.288 e. The van der Waals surface area contributed by atoms with Crippen molar-refractivity contribution in [3.63, 3.8) is 0 Å². The van der Waals surface area contributed by atoms with Crippen molar-refractivity contribution in [2.24, 2.45) is 0 Å². The van der Waals surface area contributed by atoms with Gasteiger partial charge in [-0.15, -0.1) is 11.3 Å². The van der Waals surface area contributed by atoms with E-state index in [4.69, 9.17) is 11.6 Å². The first-order valence-electron chi connectivity index (χ1n) is 5.64. The Morgan fingerprint density at radius 2 is 1.79 bits per heavy atom. The molecule has 0 saturated carbocycles. The summed E-state index contributed by atoms with van der Waals surface area (Å²) in [6, 6.07) is 15.5. The number of halogens is 2. The van der Waals surface area contributed by atoms with Crippen LogP contribution in [-0.4, -0.2) is 0 Å². The average molecular weight is 399 g/mol. The molecular weight excluding hydrogens is 391 g/mol. The molecule has 3 aromatic rings. The van der Waals surface area contributed by atoms with Crippen LogP contribution in [-0.2, 0) is 0 Å². The van der Waals surface area contributed by atoms with Crippen LogP contribution in [0.1, 0.15) is 0 Å². The molecule has 3 rings (SSSR count). The zero-order chi connectivity index (χ0) is 13.4. The minimum absolute atomic E-state index is 0.0516. The van der Waals surface area contributed by atoms with Crippen molar-refractivity contribution < 1.29 is 0 Å². The van der Waals surface area contributed by atoms with Gasteiger partial charge in [0.1, 0.15) is 0 Å². The molecule has 19 heavy (non-hydrogen) atoms. The quantitative estimate of drug-likeness (QED) is 0.516. The standard InChI is InChI=1S/C15H8ClIOS/c16-10-6-7-12-11(8-10)14(18)13(17)15(19-12)9-4-2-1-3-5-9/h1-8H. The number of hydrogen-bond acceptors (Lipinski definition) is 2. The second kappa shape index (κ2) is 5.23. The number of benzene rings is 2. The maximum absolute atomic E-state index is 12.4. The lowest BCUT2D eigenvalue weighted by molar-refractivity contribution is 1.61. The van der Waals surface area contributed by atoms with Crippen molar-refractivity contribution in [3.05, 3.63) is 67.3 Å². The SMILES string of the molecule is O=c1c(I)c(-c2ccccc2)sc2ccc(Cl)cc12. The van der Waals surface area contributed by atoms with Crippen molar-refractivity contribution in [1.82, 2.24) is 0 Å². The van der Waals surface area contributed by atoms with E-state index in [0.717, 1.165) is 18.7 Å². The van der Waals surface area contributed by atoms with Gasteiger partial charge in [0.25, 0.3) is 0 Å². The molecule has 0 aliphatic rings. The minimum Gasteiger partial charge on any atom is -0.288 e. The maximum atomic E-state index is 12.4. The fourth-order valence-corrected chi connectivity index (χ4v) is 4.08. The Morgan fingerprint density at radius 3 is 2.53 bits per heavy atom. The van der Waals surface area contributed by atoms with E-state index in [0.29, 0.717) is 10.4 Å². The van der Waals surface area contributed by atoms with Crippen LogP contribution in [0.2, 0.25) is 5.02 Å². The summed E-state index contributed by atoms with van der Waals surface area (Å²) in [5.74, 6) is 0. The first-order chi connectivity index (χ1) is 9.16. The van der Waals surface area contributed by atoms with Gasteiger partial charge >= 0.3 is 0 Å². The molecule has 0 atom stereocenters. The molecule has 1 heterocycles. The van der Waals surface area contributed by atoms with Gasteiger partial charge in [-0.05, 0) is 46.4 Å². The zero-order valence-corrected chi connectivity index (χ0v) is 13.4. The number of fused-ring (bicyclic) bond motifs is 1. The predicted octanol–water partition coefficient (Wildman–Crippen LogP) is 5.19. The predicted molar refractivity (Wildman–Crippen MR) is 91.3 cm³/mol. The lowest BCUT2D eigenvalue weighted by Gasteiger charge is -2.06. The van der Waals surface area contributed by atoms with Gasteiger partial charge in [0.05, 0.1) is 8.45 Å². The Balaban J connectivity index is 2.37. The Labute approximate surface area is 133 Å². The molecule has 1 nitrogen and oxygen atoms in total. The summed E-state index contributed by atoms with van der Waals surface area (Å²) in [4.78, 5) is 13.4. The molecule has 94 valence electrons. The highest BCUT2D eigenvalue weighted by molar-refractivity contribution is 14.1. The highest BCUT2D eigenvalue weighted by atomic mass is 127. The first-order valence-corrected chi connectivity index (χ1v) is 7.91. The second-order valence-electron chi connectivity index (χ2n) is 4.08. The molecule has 0 aliphatic heterocycles. The van der Waals surface area contributed by atoms with Crippen LogP contribution in [0.4, 0.5) is 0 Å². The van der Waals surface area contributed by atoms with Crippen molar-refractivity contribution in [1.29, 1.82) is 0 Å². The molecule has 0 radical (unpaired) electrons. The summed E-state index contributed by atoms with van der Waals surface area (Å²) in [6.07, 6.45) is 0.